The Bertz CT molecular complexity index is 835. The molecule has 0 spiro atoms. The minimum absolute atomic E-state index is 0.153. The Labute approximate surface area is 136 Å². The van der Waals surface area contributed by atoms with Gasteiger partial charge >= 0.3 is 0 Å². The smallest absolute Gasteiger partial charge is 0.254 e. The minimum atomic E-state index is 0.153. The number of carbonyl (C=O) groups excluding carboxylic acids is 1. The van der Waals surface area contributed by atoms with Gasteiger partial charge in [0.2, 0.25) is 0 Å². The van der Waals surface area contributed by atoms with Crippen molar-refractivity contribution in [1.82, 2.24) is 4.90 Å². The summed E-state index contributed by atoms with van der Waals surface area (Å²) in [5.41, 5.74) is 2.15. The van der Waals surface area contributed by atoms with Crippen LogP contribution < -0.4 is 0 Å². The zero-order chi connectivity index (χ0) is 15.6. The molecule has 1 saturated heterocycles. The highest BCUT2D eigenvalue weighted by molar-refractivity contribution is 6.07. The van der Waals surface area contributed by atoms with E-state index in [9.17, 15) is 4.79 Å². The summed E-state index contributed by atoms with van der Waals surface area (Å²) in [7, 11) is 0. The van der Waals surface area contributed by atoms with Crippen LogP contribution in [0, 0.1) is 0 Å². The summed E-state index contributed by atoms with van der Waals surface area (Å²) >= 11 is 0. The fourth-order valence-electron chi connectivity index (χ4n) is 3.52. The summed E-state index contributed by atoms with van der Waals surface area (Å²) in [5.74, 6) is 0.607. The zero-order valence-electron chi connectivity index (χ0n) is 13.0. The number of benzene rings is 3. The normalized spacial score (nSPS) is 17.6. The van der Waals surface area contributed by atoms with Gasteiger partial charge in [-0.25, -0.2) is 0 Å². The van der Waals surface area contributed by atoms with E-state index >= 15 is 0 Å². The van der Waals surface area contributed by atoms with E-state index in [1.807, 2.05) is 41.3 Å². The summed E-state index contributed by atoms with van der Waals surface area (Å²) < 4.78 is 0. The molecule has 3 aromatic carbocycles. The molecule has 0 unspecified atom stereocenters. The fraction of sp³-hybridized carbons (Fsp3) is 0.190. The number of carbonyl (C=O) groups is 1. The van der Waals surface area contributed by atoms with Crippen LogP contribution in [0.25, 0.3) is 10.8 Å². The van der Waals surface area contributed by atoms with E-state index < -0.39 is 0 Å². The van der Waals surface area contributed by atoms with Gasteiger partial charge in [-0.2, -0.15) is 0 Å². The van der Waals surface area contributed by atoms with E-state index in [-0.39, 0.29) is 5.91 Å². The highest BCUT2D eigenvalue weighted by Gasteiger charge is 2.28. The first-order valence-electron chi connectivity index (χ1n) is 8.15. The lowest BCUT2D eigenvalue weighted by Crippen LogP contribution is -2.28. The lowest BCUT2D eigenvalue weighted by Gasteiger charge is -2.18. The van der Waals surface area contributed by atoms with Gasteiger partial charge in [-0.05, 0) is 28.8 Å². The van der Waals surface area contributed by atoms with Crippen molar-refractivity contribution in [2.45, 2.75) is 12.3 Å². The molecule has 0 radical (unpaired) electrons. The molecular weight excluding hydrogens is 282 g/mol. The van der Waals surface area contributed by atoms with E-state index in [2.05, 4.69) is 36.4 Å². The Balaban J connectivity index is 1.60. The number of likely N-dealkylation sites (tertiary alicyclic amines) is 1. The number of nitrogens with zero attached hydrogens (tertiary/aromatic N) is 1. The molecule has 1 atom stereocenters. The molecule has 3 aromatic rings. The van der Waals surface area contributed by atoms with Crippen molar-refractivity contribution in [2.75, 3.05) is 13.1 Å². The van der Waals surface area contributed by atoms with Crippen LogP contribution in [0.5, 0.6) is 0 Å². The standard InChI is InChI=1S/C21H19NO/c23-21(20-12-6-10-17-9-4-5-11-19(17)20)22-14-13-18(15-22)16-7-2-1-3-8-16/h1-12,18H,13-15H2/t18-/m1/s1. The van der Waals surface area contributed by atoms with E-state index in [1.54, 1.807) is 0 Å². The molecule has 2 nitrogen and oxygen atoms in total. The number of hydrogen-bond acceptors (Lipinski definition) is 1. The molecule has 1 aliphatic rings. The topological polar surface area (TPSA) is 20.3 Å². The molecule has 0 aromatic heterocycles. The lowest BCUT2D eigenvalue weighted by atomic mass is 9.99. The Morgan fingerprint density at radius 3 is 2.48 bits per heavy atom. The Hall–Kier alpha value is -2.61. The summed E-state index contributed by atoms with van der Waals surface area (Å²) in [6, 6.07) is 24.6. The third kappa shape index (κ3) is 2.61. The molecular formula is C21H19NO. The summed E-state index contributed by atoms with van der Waals surface area (Å²) in [4.78, 5) is 15.0. The molecule has 0 aliphatic carbocycles. The minimum Gasteiger partial charge on any atom is -0.338 e. The number of fused-ring (bicyclic) bond motifs is 1. The van der Waals surface area contributed by atoms with E-state index in [1.165, 1.54) is 5.56 Å². The van der Waals surface area contributed by atoms with Crippen molar-refractivity contribution < 1.29 is 4.79 Å². The first-order chi connectivity index (χ1) is 11.3. The molecule has 4 rings (SSSR count). The largest absolute Gasteiger partial charge is 0.338 e. The maximum Gasteiger partial charge on any atom is 0.254 e. The first-order valence-corrected chi connectivity index (χ1v) is 8.15. The fourth-order valence-corrected chi connectivity index (χ4v) is 3.52. The average Bonchev–Trinajstić information content (AvgIpc) is 3.11. The third-order valence-electron chi connectivity index (χ3n) is 4.77. The Morgan fingerprint density at radius 1 is 0.870 bits per heavy atom. The van der Waals surface area contributed by atoms with Crippen molar-refractivity contribution >= 4 is 16.7 Å². The van der Waals surface area contributed by atoms with Crippen molar-refractivity contribution in [3.63, 3.8) is 0 Å². The van der Waals surface area contributed by atoms with Gasteiger partial charge in [0.1, 0.15) is 0 Å². The van der Waals surface area contributed by atoms with E-state index in [0.29, 0.717) is 5.92 Å². The molecule has 0 bridgehead atoms. The van der Waals surface area contributed by atoms with Crippen molar-refractivity contribution in [3.05, 3.63) is 83.9 Å². The summed E-state index contributed by atoms with van der Waals surface area (Å²) in [6.45, 7) is 1.65. The van der Waals surface area contributed by atoms with Gasteiger partial charge in [-0.15, -0.1) is 0 Å². The molecule has 0 N–H and O–H groups in total. The molecule has 23 heavy (non-hydrogen) atoms. The van der Waals surface area contributed by atoms with Crippen LogP contribution in [0.4, 0.5) is 0 Å². The number of rotatable bonds is 2. The van der Waals surface area contributed by atoms with Gasteiger partial charge < -0.3 is 4.90 Å². The second-order valence-corrected chi connectivity index (χ2v) is 6.17. The quantitative estimate of drug-likeness (QED) is 0.684. The predicted molar refractivity (Wildman–Crippen MR) is 93.7 cm³/mol. The summed E-state index contributed by atoms with van der Waals surface area (Å²) in [6.07, 6.45) is 1.04. The van der Waals surface area contributed by atoms with Crippen molar-refractivity contribution in [2.24, 2.45) is 0 Å². The zero-order valence-corrected chi connectivity index (χ0v) is 13.0. The van der Waals surface area contributed by atoms with Crippen LogP contribution in [0.1, 0.15) is 28.3 Å². The van der Waals surface area contributed by atoms with Crippen LogP contribution >= 0.6 is 0 Å². The molecule has 0 saturated carbocycles. The maximum atomic E-state index is 13.0. The maximum absolute atomic E-state index is 13.0. The second kappa shape index (κ2) is 5.88. The molecule has 114 valence electrons. The van der Waals surface area contributed by atoms with Gasteiger partial charge in [0.25, 0.3) is 5.91 Å². The number of amides is 1. The van der Waals surface area contributed by atoms with Crippen LogP contribution in [-0.2, 0) is 0 Å². The monoisotopic (exact) mass is 301 g/mol. The molecule has 2 heteroatoms. The van der Waals surface area contributed by atoms with Crippen molar-refractivity contribution in [1.29, 1.82) is 0 Å². The highest BCUT2D eigenvalue weighted by atomic mass is 16.2. The van der Waals surface area contributed by atoms with Gasteiger partial charge in [0.15, 0.2) is 0 Å². The number of hydrogen-bond donors (Lipinski definition) is 0. The van der Waals surface area contributed by atoms with Crippen LogP contribution in [0.2, 0.25) is 0 Å². The van der Waals surface area contributed by atoms with Crippen molar-refractivity contribution in [3.8, 4) is 0 Å². The third-order valence-corrected chi connectivity index (χ3v) is 4.77. The van der Waals surface area contributed by atoms with Gasteiger partial charge in [0.05, 0.1) is 0 Å². The molecule has 1 amide bonds. The first kappa shape index (κ1) is 14.0. The van der Waals surface area contributed by atoms with E-state index in [4.69, 9.17) is 0 Å². The Kier molecular flexibility index (Phi) is 3.58. The van der Waals surface area contributed by atoms with Gasteiger partial charge in [0, 0.05) is 24.6 Å². The molecule has 1 aliphatic heterocycles. The predicted octanol–water partition coefficient (Wildman–Crippen LogP) is 4.47. The molecule has 1 heterocycles. The van der Waals surface area contributed by atoms with E-state index in [0.717, 1.165) is 35.8 Å². The van der Waals surface area contributed by atoms with Crippen LogP contribution in [-0.4, -0.2) is 23.9 Å². The average molecular weight is 301 g/mol. The lowest BCUT2D eigenvalue weighted by molar-refractivity contribution is 0.0792. The highest BCUT2D eigenvalue weighted by Crippen LogP contribution is 2.29. The summed E-state index contributed by atoms with van der Waals surface area (Å²) in [5, 5.41) is 2.17. The Morgan fingerprint density at radius 2 is 1.61 bits per heavy atom. The second-order valence-electron chi connectivity index (χ2n) is 6.17. The van der Waals surface area contributed by atoms with Gasteiger partial charge in [-0.3, -0.25) is 4.79 Å². The van der Waals surface area contributed by atoms with Crippen LogP contribution in [0.3, 0.4) is 0 Å². The SMILES string of the molecule is O=C(c1cccc2ccccc12)N1CC[C@@H](c2ccccc2)C1. The van der Waals surface area contributed by atoms with Crippen LogP contribution in [0.15, 0.2) is 72.8 Å². The molecule has 1 fully saturated rings. The van der Waals surface area contributed by atoms with Gasteiger partial charge in [-0.1, -0.05) is 66.7 Å².